The van der Waals surface area contributed by atoms with E-state index in [1.54, 1.807) is 0 Å². The molecular formula is C16H18FN5O10. The zero-order valence-electron chi connectivity index (χ0n) is 16.8. The highest BCUT2D eigenvalue weighted by atomic mass is 19.1. The van der Waals surface area contributed by atoms with Crippen LogP contribution in [0.25, 0.3) is 11.2 Å². The number of aliphatic hydroxyl groups excluding tert-OH is 1. The molecule has 1 aliphatic rings. The number of rotatable bonds is 5. The number of nitrogens with zero attached hydrogens (tertiary/aromatic N) is 4. The maximum atomic E-state index is 13.8. The normalized spacial score (nSPS) is 28.3. The lowest BCUT2D eigenvalue weighted by Crippen LogP contribution is -2.64. The highest BCUT2D eigenvalue weighted by molar-refractivity contribution is 5.81. The number of esters is 3. The summed E-state index contributed by atoms with van der Waals surface area (Å²) in [5, 5.41) is 32.6. The number of nitrogens with two attached hydrogens (primary N) is 1. The molecule has 0 bridgehead atoms. The second-order valence-corrected chi connectivity index (χ2v) is 6.69. The molecule has 1 fully saturated rings. The largest absolute Gasteiger partial charge is 0.433 e. The van der Waals surface area contributed by atoms with Crippen LogP contribution < -0.4 is 5.73 Å². The van der Waals surface area contributed by atoms with Crippen LogP contribution in [0, 0.1) is 6.08 Å². The van der Waals surface area contributed by atoms with Crippen LogP contribution in [0.3, 0.4) is 0 Å². The van der Waals surface area contributed by atoms with Gasteiger partial charge in [-0.3, -0.25) is 19.0 Å². The number of nitrogen functional groups attached to an aromatic ring is 1. The lowest BCUT2D eigenvalue weighted by atomic mass is 10.0. The van der Waals surface area contributed by atoms with Crippen molar-refractivity contribution in [2.24, 2.45) is 0 Å². The Morgan fingerprint density at radius 3 is 2.31 bits per heavy atom. The highest BCUT2D eigenvalue weighted by Crippen LogP contribution is 2.49. The molecule has 5 N–H and O–H groups in total. The van der Waals surface area contributed by atoms with Gasteiger partial charge in [-0.05, 0) is 0 Å². The van der Waals surface area contributed by atoms with Crippen molar-refractivity contribution in [2.75, 3.05) is 5.73 Å². The van der Waals surface area contributed by atoms with Gasteiger partial charge < -0.3 is 40.0 Å². The van der Waals surface area contributed by atoms with Gasteiger partial charge in [0.2, 0.25) is 12.5 Å². The average Bonchev–Trinajstić information content (AvgIpc) is 3.11. The number of aliphatic hydroxyl groups is 3. The lowest BCUT2D eigenvalue weighted by molar-refractivity contribution is -0.366. The Morgan fingerprint density at radius 2 is 1.75 bits per heavy atom. The second-order valence-electron chi connectivity index (χ2n) is 6.69. The van der Waals surface area contributed by atoms with E-state index in [9.17, 15) is 34.1 Å². The van der Waals surface area contributed by atoms with Gasteiger partial charge >= 0.3 is 35.6 Å². The number of hydrogen-bond acceptors (Lipinski definition) is 14. The van der Waals surface area contributed by atoms with Gasteiger partial charge in [0, 0.05) is 20.8 Å². The fourth-order valence-corrected chi connectivity index (χ4v) is 3.23. The van der Waals surface area contributed by atoms with E-state index < -0.39 is 65.6 Å². The third-order valence-electron chi connectivity index (χ3n) is 4.33. The molecule has 0 amide bonds. The molecule has 32 heavy (non-hydrogen) atoms. The molecule has 2 aromatic rings. The minimum atomic E-state index is -3.34. The summed E-state index contributed by atoms with van der Waals surface area (Å²) in [6.07, 6.45) is -7.04. The molecule has 3 rings (SSSR count). The summed E-state index contributed by atoms with van der Waals surface area (Å²) >= 11 is 0. The fraction of sp³-hybridized carbons (Fsp3) is 0.500. The number of fused-ring (bicyclic) bond motifs is 1. The van der Waals surface area contributed by atoms with Crippen molar-refractivity contribution in [3.63, 3.8) is 0 Å². The topological polar surface area (TPSA) is 218 Å². The Kier molecular flexibility index (Phi) is 5.73. The Balaban J connectivity index is 2.24. The van der Waals surface area contributed by atoms with Crippen LogP contribution in [0.4, 0.5) is 10.2 Å². The zero-order chi connectivity index (χ0) is 24.0. The van der Waals surface area contributed by atoms with Gasteiger partial charge in [-0.2, -0.15) is 14.4 Å². The van der Waals surface area contributed by atoms with Gasteiger partial charge in [0.05, 0.1) is 6.33 Å². The van der Waals surface area contributed by atoms with Crippen LogP contribution in [0.1, 0.15) is 27.0 Å². The molecule has 3 heterocycles. The van der Waals surface area contributed by atoms with Crippen LogP contribution in [-0.2, 0) is 33.3 Å². The van der Waals surface area contributed by atoms with E-state index in [1.807, 2.05) is 0 Å². The molecule has 0 aromatic carbocycles. The second kappa shape index (κ2) is 7.90. The number of carbonyl (C=O) groups excluding carboxylic acids is 3. The van der Waals surface area contributed by atoms with Gasteiger partial charge in [0.15, 0.2) is 23.1 Å². The van der Waals surface area contributed by atoms with E-state index in [1.165, 1.54) is 0 Å². The molecule has 15 nitrogen and oxygen atoms in total. The molecule has 0 saturated carbocycles. The van der Waals surface area contributed by atoms with Gasteiger partial charge in [0.1, 0.15) is 0 Å². The number of ether oxygens (including phenoxy) is 4. The van der Waals surface area contributed by atoms with Gasteiger partial charge in [0.25, 0.3) is 0 Å². The Bertz CT molecular complexity index is 1090. The smallest absolute Gasteiger partial charge is 0.326 e. The molecule has 0 unspecified atom stereocenters. The van der Waals surface area contributed by atoms with Crippen LogP contribution in [0.5, 0.6) is 0 Å². The SMILES string of the molecule is CC(=O)O[C@@H](O)[C@H]1O[C@@H](n2cnc3c(N)nc(F)nc32)[C@@](O)(OC(C)=O)[C@@]1(O)OC(C)=O. The highest BCUT2D eigenvalue weighted by Gasteiger charge is 2.75. The zero-order valence-corrected chi connectivity index (χ0v) is 16.8. The van der Waals surface area contributed by atoms with Crippen LogP contribution in [0.2, 0.25) is 0 Å². The average molecular weight is 459 g/mol. The van der Waals surface area contributed by atoms with E-state index in [-0.39, 0.29) is 5.52 Å². The van der Waals surface area contributed by atoms with Gasteiger partial charge in [-0.1, -0.05) is 0 Å². The Morgan fingerprint density at radius 1 is 1.16 bits per heavy atom. The molecule has 174 valence electrons. The predicted octanol–water partition coefficient (Wildman–Crippen LogP) is -2.17. The standard InChI is InChI=1S/C16H18FN5O10/c1-5(23)29-12(26)9-15(27,31-6(2)24)16(28,32-7(3)25)13(30-9)22-4-19-8-10(18)20-14(17)21-11(8)22/h4,9,12-13,26-28H,1-3H3,(H2,18,20,21)/t9-,12-,13-,15+,16-/m1/s1. The molecule has 16 heteroatoms. The number of imidazole rings is 1. The minimum Gasteiger partial charge on any atom is -0.433 e. The number of hydrogen-bond donors (Lipinski definition) is 4. The first-order valence-corrected chi connectivity index (χ1v) is 8.80. The number of carbonyl (C=O) groups is 3. The Hall–Kier alpha value is -3.47. The fourth-order valence-electron chi connectivity index (χ4n) is 3.23. The van der Waals surface area contributed by atoms with E-state index in [0.717, 1.165) is 31.7 Å². The molecule has 0 aliphatic carbocycles. The van der Waals surface area contributed by atoms with Crippen molar-refractivity contribution >= 4 is 34.9 Å². The monoisotopic (exact) mass is 459 g/mol. The summed E-state index contributed by atoms with van der Waals surface area (Å²) in [6.45, 7) is 2.57. The summed E-state index contributed by atoms with van der Waals surface area (Å²) < 4.78 is 34.1. The molecule has 0 spiro atoms. The van der Waals surface area contributed by atoms with Crippen LogP contribution in [-0.4, -0.2) is 76.7 Å². The van der Waals surface area contributed by atoms with Crippen molar-refractivity contribution in [2.45, 2.75) is 51.0 Å². The van der Waals surface area contributed by atoms with Crippen LogP contribution >= 0.6 is 0 Å². The van der Waals surface area contributed by atoms with E-state index >= 15 is 0 Å². The quantitative estimate of drug-likeness (QED) is 0.162. The third kappa shape index (κ3) is 3.68. The maximum Gasteiger partial charge on any atom is 0.326 e. The first-order chi connectivity index (χ1) is 14.8. The number of aromatic nitrogens is 4. The molecule has 5 atom stereocenters. The molecule has 1 aliphatic heterocycles. The lowest BCUT2D eigenvalue weighted by Gasteiger charge is -2.38. The van der Waals surface area contributed by atoms with E-state index in [0.29, 0.717) is 0 Å². The summed E-state index contributed by atoms with van der Waals surface area (Å²) in [6, 6.07) is 0. The van der Waals surface area contributed by atoms with Crippen molar-refractivity contribution in [3.05, 3.63) is 12.4 Å². The molecule has 0 radical (unpaired) electrons. The van der Waals surface area contributed by atoms with Crippen molar-refractivity contribution < 1.29 is 53.0 Å². The Labute approximate surface area is 177 Å². The number of halogens is 1. The number of anilines is 1. The summed E-state index contributed by atoms with van der Waals surface area (Å²) in [5.41, 5.74) is 5.04. The van der Waals surface area contributed by atoms with Crippen molar-refractivity contribution in [1.82, 2.24) is 19.5 Å². The van der Waals surface area contributed by atoms with E-state index in [2.05, 4.69) is 19.7 Å². The van der Waals surface area contributed by atoms with Crippen LogP contribution in [0.15, 0.2) is 6.33 Å². The van der Waals surface area contributed by atoms with Crippen molar-refractivity contribution in [1.29, 1.82) is 0 Å². The molecular weight excluding hydrogens is 441 g/mol. The summed E-state index contributed by atoms with van der Waals surface area (Å²) in [4.78, 5) is 45.3. The summed E-state index contributed by atoms with van der Waals surface area (Å²) in [7, 11) is 0. The predicted molar refractivity (Wildman–Crippen MR) is 94.8 cm³/mol. The maximum absolute atomic E-state index is 13.8. The van der Waals surface area contributed by atoms with E-state index in [4.69, 9.17) is 19.9 Å². The first-order valence-electron chi connectivity index (χ1n) is 8.80. The first kappa shape index (κ1) is 23.2. The molecule has 1 saturated heterocycles. The minimum absolute atomic E-state index is 0.166. The summed E-state index contributed by atoms with van der Waals surface area (Å²) in [5.74, 6) is -10.5. The third-order valence-corrected chi connectivity index (χ3v) is 4.33. The van der Waals surface area contributed by atoms with Crippen molar-refractivity contribution in [3.8, 4) is 0 Å². The van der Waals surface area contributed by atoms with Gasteiger partial charge in [-0.25, -0.2) is 4.98 Å². The molecule has 2 aromatic heterocycles. The van der Waals surface area contributed by atoms with Gasteiger partial charge in [-0.15, -0.1) is 0 Å².